The summed E-state index contributed by atoms with van der Waals surface area (Å²) < 4.78 is 6.21. The van der Waals surface area contributed by atoms with Crippen molar-refractivity contribution in [3.63, 3.8) is 0 Å². The maximum atomic E-state index is 13.7. The topological polar surface area (TPSA) is 146 Å². The molecule has 49 heavy (non-hydrogen) atoms. The molecule has 0 fully saturated rings. The molecule has 1 aromatic rings. The van der Waals surface area contributed by atoms with Gasteiger partial charge in [0, 0.05) is 26.8 Å². The Morgan fingerprint density at radius 2 is 1.22 bits per heavy atom. The minimum absolute atomic E-state index is 0.0851. The minimum Gasteiger partial charge on any atom is -0.459 e. The molecule has 0 radical (unpaired) electrons. The van der Waals surface area contributed by atoms with Gasteiger partial charge in [0.05, 0.1) is 12.6 Å². The van der Waals surface area contributed by atoms with Crippen LogP contribution in [0.25, 0.3) is 0 Å². The number of hydrogen-bond donors (Lipinski definition) is 4. The molecule has 0 aliphatic carbocycles. The van der Waals surface area contributed by atoms with E-state index >= 15 is 0 Å². The van der Waals surface area contributed by atoms with Gasteiger partial charge in [-0.3, -0.25) is 29.4 Å². The van der Waals surface area contributed by atoms with Gasteiger partial charge in [0.15, 0.2) is 0 Å². The quantitative estimate of drug-likeness (QED) is 0.0674. The Hall–Kier alpha value is -3.47. The number of rotatable bonds is 24. The average molecular weight is 688 g/mol. The van der Waals surface area contributed by atoms with Crippen molar-refractivity contribution in [3.05, 3.63) is 35.9 Å². The van der Waals surface area contributed by atoms with Crippen LogP contribution in [0.5, 0.6) is 0 Å². The lowest BCUT2D eigenvalue weighted by Crippen LogP contribution is -2.60. The van der Waals surface area contributed by atoms with Crippen LogP contribution in [0.4, 0.5) is 0 Å². The summed E-state index contributed by atoms with van der Waals surface area (Å²) in [6.07, 6.45) is 7.13. The first-order chi connectivity index (χ1) is 23.1. The zero-order valence-corrected chi connectivity index (χ0v) is 31.6. The fourth-order valence-electron chi connectivity index (χ4n) is 5.67. The normalized spacial score (nSPS) is 13.9. The van der Waals surface area contributed by atoms with Crippen molar-refractivity contribution < 1.29 is 28.7 Å². The molecule has 0 saturated carbocycles. The molecule has 3 unspecified atom stereocenters. The molecule has 0 heterocycles. The lowest BCUT2D eigenvalue weighted by atomic mass is 9.98. The average Bonchev–Trinajstić information content (AvgIpc) is 3.01. The molecule has 4 N–H and O–H groups in total. The number of amides is 4. The molecular formula is C38H65N5O6. The minimum atomic E-state index is -0.858. The summed E-state index contributed by atoms with van der Waals surface area (Å²) in [7, 11) is 0. The van der Waals surface area contributed by atoms with Crippen LogP contribution in [0.15, 0.2) is 30.3 Å². The molecule has 0 aromatic heterocycles. The molecule has 11 nitrogen and oxygen atoms in total. The summed E-state index contributed by atoms with van der Waals surface area (Å²) in [6.45, 7) is 16.9. The first kappa shape index (κ1) is 43.6. The van der Waals surface area contributed by atoms with Crippen LogP contribution in [-0.2, 0) is 35.1 Å². The number of unbranched alkanes of at least 4 members (excludes halogenated alkanes) is 6. The highest BCUT2D eigenvalue weighted by Crippen LogP contribution is 2.16. The number of carbonyl (C=O) groups is 5. The molecule has 11 heteroatoms. The second-order valence-electron chi connectivity index (χ2n) is 14.3. The van der Waals surface area contributed by atoms with Crippen LogP contribution < -0.4 is 21.4 Å². The van der Waals surface area contributed by atoms with Crippen molar-refractivity contribution in [3.8, 4) is 0 Å². The van der Waals surface area contributed by atoms with Crippen molar-refractivity contribution in [1.29, 1.82) is 0 Å². The zero-order chi connectivity index (χ0) is 36.9. The van der Waals surface area contributed by atoms with Gasteiger partial charge in [-0.25, -0.2) is 5.01 Å². The molecule has 0 aliphatic rings. The fraction of sp³-hybridized carbons (Fsp3) is 0.711. The monoisotopic (exact) mass is 687 g/mol. The Morgan fingerprint density at radius 1 is 0.694 bits per heavy atom. The smallest absolute Gasteiger partial charge is 0.306 e. The largest absolute Gasteiger partial charge is 0.459 e. The summed E-state index contributed by atoms with van der Waals surface area (Å²) >= 11 is 0. The number of ether oxygens (including phenoxy) is 1. The van der Waals surface area contributed by atoms with E-state index in [9.17, 15) is 24.0 Å². The Morgan fingerprint density at radius 3 is 1.73 bits per heavy atom. The molecule has 4 amide bonds. The van der Waals surface area contributed by atoms with Gasteiger partial charge in [0.25, 0.3) is 5.91 Å². The van der Waals surface area contributed by atoms with Crippen LogP contribution >= 0.6 is 0 Å². The molecule has 4 atom stereocenters. The number of nitrogens with one attached hydrogen (secondary N) is 4. The van der Waals surface area contributed by atoms with E-state index in [1.54, 1.807) is 5.01 Å². The number of benzene rings is 1. The van der Waals surface area contributed by atoms with E-state index in [1.807, 2.05) is 71.9 Å². The summed E-state index contributed by atoms with van der Waals surface area (Å²) in [4.78, 5) is 64.6. The summed E-state index contributed by atoms with van der Waals surface area (Å²) in [5, 5.41) is 10.3. The SMILES string of the molecule is CCCCCCCCCC(=O)OC(CN(CC(C)C)NC(=O)C(NC(C)=O)C(C)C)C(Cc1ccccc1)NC(=O)[C@@H](NC(C)=O)C(C)C. The number of hydrogen-bond acceptors (Lipinski definition) is 7. The number of nitrogens with zero attached hydrogens (tertiary/aromatic N) is 1. The van der Waals surface area contributed by atoms with Crippen LogP contribution in [0.2, 0.25) is 0 Å². The van der Waals surface area contributed by atoms with Crippen molar-refractivity contribution in [2.24, 2.45) is 17.8 Å². The molecule has 0 saturated heterocycles. The van der Waals surface area contributed by atoms with Gasteiger partial charge in [-0.15, -0.1) is 0 Å². The third-order valence-corrected chi connectivity index (χ3v) is 8.21. The molecule has 1 rings (SSSR count). The van der Waals surface area contributed by atoms with Gasteiger partial charge in [-0.1, -0.05) is 117 Å². The van der Waals surface area contributed by atoms with Crippen molar-refractivity contribution in [2.75, 3.05) is 13.1 Å². The molecule has 0 bridgehead atoms. The maximum absolute atomic E-state index is 13.7. The van der Waals surface area contributed by atoms with Gasteiger partial charge in [0.1, 0.15) is 18.2 Å². The lowest BCUT2D eigenvalue weighted by Gasteiger charge is -2.35. The van der Waals surface area contributed by atoms with E-state index in [1.165, 1.54) is 33.1 Å². The second kappa shape index (κ2) is 23.8. The Kier molecular flexibility index (Phi) is 21.2. The van der Waals surface area contributed by atoms with Crippen molar-refractivity contribution in [1.82, 2.24) is 26.4 Å². The Labute approximate surface area is 295 Å². The highest BCUT2D eigenvalue weighted by molar-refractivity contribution is 5.87. The van der Waals surface area contributed by atoms with Crippen LogP contribution in [0.3, 0.4) is 0 Å². The molecule has 0 spiro atoms. The highest BCUT2D eigenvalue weighted by Gasteiger charge is 2.34. The van der Waals surface area contributed by atoms with Gasteiger partial charge in [-0.2, -0.15) is 0 Å². The lowest BCUT2D eigenvalue weighted by molar-refractivity contribution is -0.154. The van der Waals surface area contributed by atoms with Gasteiger partial charge in [0.2, 0.25) is 17.7 Å². The van der Waals surface area contributed by atoms with Crippen molar-refractivity contribution >= 4 is 29.6 Å². The summed E-state index contributed by atoms with van der Waals surface area (Å²) in [5.74, 6) is -2.03. The van der Waals surface area contributed by atoms with E-state index in [4.69, 9.17) is 4.74 Å². The van der Waals surface area contributed by atoms with Gasteiger partial charge >= 0.3 is 5.97 Å². The first-order valence-corrected chi connectivity index (χ1v) is 18.3. The van der Waals surface area contributed by atoms with Crippen molar-refractivity contribution in [2.45, 2.75) is 144 Å². The third-order valence-electron chi connectivity index (χ3n) is 8.21. The summed E-state index contributed by atoms with van der Waals surface area (Å²) in [6, 6.07) is 7.35. The molecular weight excluding hydrogens is 622 g/mol. The maximum Gasteiger partial charge on any atom is 0.306 e. The number of esters is 1. The molecule has 0 aliphatic heterocycles. The standard InChI is InChI=1S/C38H65N5O6/c1-10-11-12-13-14-15-19-22-34(46)49-33(25-43(24-26(2)3)42-38(48)36(28(6)7)40-30(9)45)32(23-31-20-17-16-18-21-31)41-37(47)35(27(4)5)39-29(8)44/h16-18,20-21,26-28,32-33,35-36H,10-15,19,22-25H2,1-9H3,(H,39,44)(H,40,45)(H,41,47)(H,42,48)/t32?,33?,35-,36?/m0/s1. The van der Waals surface area contributed by atoms with E-state index in [-0.39, 0.29) is 60.3 Å². The Balaban J connectivity index is 3.46. The predicted molar refractivity (Wildman–Crippen MR) is 194 cm³/mol. The van der Waals surface area contributed by atoms with E-state index < -0.39 is 24.2 Å². The fourth-order valence-corrected chi connectivity index (χ4v) is 5.67. The van der Waals surface area contributed by atoms with Gasteiger partial charge in [-0.05, 0) is 36.2 Å². The summed E-state index contributed by atoms with van der Waals surface area (Å²) in [5.41, 5.74) is 3.90. The van der Waals surface area contributed by atoms with Crippen LogP contribution in [0.1, 0.15) is 119 Å². The molecule has 278 valence electrons. The Bertz CT molecular complexity index is 1140. The van der Waals surface area contributed by atoms with E-state index in [2.05, 4.69) is 28.3 Å². The third kappa shape index (κ3) is 18.8. The molecule has 1 aromatic carbocycles. The highest BCUT2D eigenvalue weighted by atomic mass is 16.5. The number of carbonyl (C=O) groups excluding carboxylic acids is 5. The first-order valence-electron chi connectivity index (χ1n) is 18.3. The number of hydrazine groups is 1. The van der Waals surface area contributed by atoms with E-state index in [0.29, 0.717) is 19.4 Å². The van der Waals surface area contributed by atoms with Crippen LogP contribution in [-0.4, -0.2) is 71.9 Å². The van der Waals surface area contributed by atoms with Gasteiger partial charge < -0.3 is 20.7 Å². The predicted octanol–water partition coefficient (Wildman–Crippen LogP) is 5.08. The second-order valence-corrected chi connectivity index (χ2v) is 14.3. The zero-order valence-electron chi connectivity index (χ0n) is 31.6. The van der Waals surface area contributed by atoms with E-state index in [0.717, 1.165) is 24.8 Å². The van der Waals surface area contributed by atoms with Crippen LogP contribution in [0, 0.1) is 17.8 Å².